The molecule has 0 spiro atoms. The first-order valence-corrected chi connectivity index (χ1v) is 8.53. The Labute approximate surface area is 164 Å². The Hall–Kier alpha value is -3.73. The van der Waals surface area contributed by atoms with Crippen molar-refractivity contribution in [1.82, 2.24) is 0 Å². The Kier molecular flexibility index (Phi) is 6.82. The smallest absolute Gasteiger partial charge is 0.338 e. The zero-order valence-electron chi connectivity index (χ0n) is 15.8. The lowest BCUT2D eigenvalue weighted by atomic mass is 10.1. The summed E-state index contributed by atoms with van der Waals surface area (Å²) in [4.78, 5) is 35.3. The van der Waals surface area contributed by atoms with Crippen LogP contribution in [-0.2, 0) is 9.59 Å². The molecular weight excluding hydrogens is 354 g/mol. The molecule has 0 bridgehead atoms. The summed E-state index contributed by atoms with van der Waals surface area (Å²) >= 11 is 0. The average Bonchev–Trinajstić information content (AvgIpc) is 2.67. The molecule has 2 rings (SSSR count). The number of allylic oxidation sites excluding steroid dienone is 1. The van der Waals surface area contributed by atoms with Crippen LogP contribution in [0.25, 0.3) is 6.08 Å². The Morgan fingerprint density at radius 2 is 1.50 bits per heavy atom. The van der Waals surface area contributed by atoms with E-state index in [1.807, 2.05) is 0 Å². The molecule has 0 saturated heterocycles. The predicted molar refractivity (Wildman–Crippen MR) is 110 cm³/mol. The predicted octanol–water partition coefficient (Wildman–Crippen LogP) is 4.58. The summed E-state index contributed by atoms with van der Waals surface area (Å²) < 4.78 is 5.09. The molecule has 0 heterocycles. The number of esters is 1. The van der Waals surface area contributed by atoms with Gasteiger partial charge in [0.1, 0.15) is 5.75 Å². The second-order valence-corrected chi connectivity index (χ2v) is 6.25. The fraction of sp³-hybridized carbons (Fsp3) is 0.0870. The Balaban J connectivity index is 1.99. The number of amides is 1. The Morgan fingerprint density at radius 3 is 2.04 bits per heavy atom. The third-order valence-electron chi connectivity index (χ3n) is 3.68. The zero-order chi connectivity index (χ0) is 20.7. The summed E-state index contributed by atoms with van der Waals surface area (Å²) in [5, 5.41) is 2.71. The van der Waals surface area contributed by atoms with Gasteiger partial charge in [0.25, 0.3) is 5.91 Å². The zero-order valence-corrected chi connectivity index (χ0v) is 15.8. The number of rotatable bonds is 7. The van der Waals surface area contributed by atoms with E-state index in [1.165, 1.54) is 6.08 Å². The molecule has 0 unspecified atom stereocenters. The molecule has 28 heavy (non-hydrogen) atoms. The SMILES string of the molecule is C=C(C)C(=O)Nc1ccc(/C=C/C(=O)c2ccc(OC(=O)C(=C)C)cc2)cc1. The van der Waals surface area contributed by atoms with Crippen LogP contribution in [-0.4, -0.2) is 17.7 Å². The molecule has 0 fully saturated rings. The van der Waals surface area contributed by atoms with E-state index in [0.29, 0.717) is 28.1 Å². The molecule has 0 atom stereocenters. The second kappa shape index (κ2) is 9.28. The van der Waals surface area contributed by atoms with Gasteiger partial charge in [0.05, 0.1) is 0 Å². The van der Waals surface area contributed by atoms with Crippen molar-refractivity contribution in [2.24, 2.45) is 0 Å². The highest BCUT2D eigenvalue weighted by atomic mass is 16.5. The van der Waals surface area contributed by atoms with Crippen LogP contribution in [0.2, 0.25) is 0 Å². The van der Waals surface area contributed by atoms with Crippen molar-refractivity contribution in [3.05, 3.63) is 90.0 Å². The highest BCUT2D eigenvalue weighted by Gasteiger charge is 2.07. The van der Waals surface area contributed by atoms with Gasteiger partial charge < -0.3 is 10.1 Å². The van der Waals surface area contributed by atoms with Gasteiger partial charge in [0.15, 0.2) is 5.78 Å². The summed E-state index contributed by atoms with van der Waals surface area (Å²) in [6, 6.07) is 13.4. The summed E-state index contributed by atoms with van der Waals surface area (Å²) in [5.74, 6) is -0.587. The molecule has 0 aliphatic rings. The maximum atomic E-state index is 12.3. The van der Waals surface area contributed by atoms with E-state index in [2.05, 4.69) is 18.5 Å². The van der Waals surface area contributed by atoms with Gasteiger partial charge in [0, 0.05) is 22.4 Å². The summed E-state index contributed by atoms with van der Waals surface area (Å²) in [6.07, 6.45) is 3.14. The third kappa shape index (κ3) is 5.92. The van der Waals surface area contributed by atoms with Crippen LogP contribution in [0.5, 0.6) is 5.75 Å². The minimum atomic E-state index is -0.512. The van der Waals surface area contributed by atoms with Gasteiger partial charge >= 0.3 is 5.97 Å². The average molecular weight is 375 g/mol. The Morgan fingerprint density at radius 1 is 0.893 bits per heavy atom. The van der Waals surface area contributed by atoms with Crippen molar-refractivity contribution in [3.63, 3.8) is 0 Å². The molecular formula is C23H21NO4. The lowest BCUT2D eigenvalue weighted by Gasteiger charge is -2.05. The molecule has 2 aromatic carbocycles. The largest absolute Gasteiger partial charge is 0.423 e. The minimum Gasteiger partial charge on any atom is -0.423 e. The van der Waals surface area contributed by atoms with Gasteiger partial charge in [0.2, 0.25) is 0 Å². The van der Waals surface area contributed by atoms with Crippen LogP contribution in [0, 0.1) is 0 Å². The summed E-state index contributed by atoms with van der Waals surface area (Å²) in [7, 11) is 0. The molecule has 0 aliphatic carbocycles. The lowest BCUT2D eigenvalue weighted by molar-refractivity contribution is -0.130. The molecule has 5 heteroatoms. The fourth-order valence-corrected chi connectivity index (χ4v) is 2.06. The van der Waals surface area contributed by atoms with Gasteiger partial charge in [-0.2, -0.15) is 0 Å². The molecule has 0 aromatic heterocycles. The van der Waals surface area contributed by atoms with E-state index in [0.717, 1.165) is 5.56 Å². The van der Waals surface area contributed by atoms with Gasteiger partial charge in [-0.25, -0.2) is 4.79 Å². The molecule has 0 radical (unpaired) electrons. The fourth-order valence-electron chi connectivity index (χ4n) is 2.06. The molecule has 142 valence electrons. The van der Waals surface area contributed by atoms with E-state index in [1.54, 1.807) is 68.5 Å². The maximum Gasteiger partial charge on any atom is 0.338 e. The quantitative estimate of drug-likeness (QED) is 0.333. The van der Waals surface area contributed by atoms with Crippen molar-refractivity contribution >= 4 is 29.4 Å². The summed E-state index contributed by atoms with van der Waals surface area (Å²) in [5.41, 5.74) is 2.66. The van der Waals surface area contributed by atoms with Crippen LogP contribution in [0.3, 0.4) is 0 Å². The van der Waals surface area contributed by atoms with E-state index in [9.17, 15) is 14.4 Å². The number of anilines is 1. The van der Waals surface area contributed by atoms with E-state index < -0.39 is 5.97 Å². The third-order valence-corrected chi connectivity index (χ3v) is 3.68. The first-order chi connectivity index (χ1) is 13.3. The topological polar surface area (TPSA) is 72.5 Å². The standard InChI is InChI=1S/C23H21NO4/c1-15(2)22(26)24-19-10-5-17(6-11-19)7-14-21(25)18-8-12-20(13-9-18)28-23(27)16(3)4/h5-14H,1,3H2,2,4H3,(H,24,26)/b14-7+. The second-order valence-electron chi connectivity index (χ2n) is 6.25. The van der Waals surface area contributed by atoms with Crippen molar-refractivity contribution in [3.8, 4) is 5.75 Å². The van der Waals surface area contributed by atoms with Crippen molar-refractivity contribution < 1.29 is 19.1 Å². The molecule has 0 aliphatic heterocycles. The van der Waals surface area contributed by atoms with Crippen LogP contribution >= 0.6 is 0 Å². The van der Waals surface area contributed by atoms with Gasteiger partial charge in [-0.1, -0.05) is 31.4 Å². The lowest BCUT2D eigenvalue weighted by Crippen LogP contribution is -2.11. The summed E-state index contributed by atoms with van der Waals surface area (Å²) in [6.45, 7) is 10.3. The van der Waals surface area contributed by atoms with E-state index >= 15 is 0 Å². The molecule has 1 amide bonds. The molecule has 5 nitrogen and oxygen atoms in total. The van der Waals surface area contributed by atoms with E-state index in [4.69, 9.17) is 4.74 Å². The van der Waals surface area contributed by atoms with Crippen molar-refractivity contribution in [2.45, 2.75) is 13.8 Å². The van der Waals surface area contributed by atoms with Crippen LogP contribution in [0.15, 0.2) is 78.9 Å². The van der Waals surface area contributed by atoms with Gasteiger partial charge in [-0.05, 0) is 61.9 Å². The van der Waals surface area contributed by atoms with Crippen molar-refractivity contribution in [2.75, 3.05) is 5.32 Å². The van der Waals surface area contributed by atoms with Crippen LogP contribution in [0.1, 0.15) is 29.8 Å². The maximum absolute atomic E-state index is 12.3. The highest BCUT2D eigenvalue weighted by molar-refractivity contribution is 6.07. The minimum absolute atomic E-state index is 0.183. The first kappa shape index (κ1) is 20.6. The highest BCUT2D eigenvalue weighted by Crippen LogP contribution is 2.16. The number of carbonyl (C=O) groups excluding carboxylic acids is 3. The van der Waals surface area contributed by atoms with Gasteiger partial charge in [-0.3, -0.25) is 9.59 Å². The van der Waals surface area contributed by atoms with Crippen LogP contribution < -0.4 is 10.1 Å². The van der Waals surface area contributed by atoms with Crippen molar-refractivity contribution in [1.29, 1.82) is 0 Å². The number of carbonyl (C=O) groups is 3. The number of benzene rings is 2. The monoisotopic (exact) mass is 375 g/mol. The number of hydrogen-bond donors (Lipinski definition) is 1. The molecule has 1 N–H and O–H groups in total. The number of nitrogens with one attached hydrogen (secondary N) is 1. The van der Waals surface area contributed by atoms with Crippen LogP contribution in [0.4, 0.5) is 5.69 Å². The first-order valence-electron chi connectivity index (χ1n) is 8.53. The van der Waals surface area contributed by atoms with E-state index in [-0.39, 0.29) is 11.7 Å². The number of hydrogen-bond acceptors (Lipinski definition) is 4. The molecule has 2 aromatic rings. The normalized spacial score (nSPS) is 10.4. The Bertz CT molecular complexity index is 951. The number of ether oxygens (including phenoxy) is 1. The molecule has 0 saturated carbocycles. The van der Waals surface area contributed by atoms with Gasteiger partial charge in [-0.15, -0.1) is 0 Å². The number of ketones is 1.